The second-order valence-corrected chi connectivity index (χ2v) is 10.8. The topological polar surface area (TPSA) is 44.0 Å². The van der Waals surface area contributed by atoms with Gasteiger partial charge in [0, 0.05) is 24.3 Å². The van der Waals surface area contributed by atoms with Gasteiger partial charge in [-0.15, -0.1) is 0 Å². The minimum Gasteiger partial charge on any atom is -0.298 e. The smallest absolute Gasteiger partial charge is 0.298 e. The molecule has 1 aliphatic heterocycles. The highest BCUT2D eigenvalue weighted by atomic mass is 32.2. The van der Waals surface area contributed by atoms with Crippen molar-refractivity contribution in [3.63, 3.8) is 0 Å². The van der Waals surface area contributed by atoms with E-state index in [1.807, 2.05) is 11.5 Å². The summed E-state index contributed by atoms with van der Waals surface area (Å²) in [7, 11) is 0. The van der Waals surface area contributed by atoms with Crippen LogP contribution < -0.4 is 11.2 Å². The van der Waals surface area contributed by atoms with Crippen molar-refractivity contribution in [3.8, 4) is 0 Å². The molecule has 0 aliphatic carbocycles. The Hall–Kier alpha value is -0.970. The molecule has 1 aromatic heterocycles. The normalized spacial score (nSPS) is 16.8. The molecule has 0 unspecified atom stereocenters. The lowest BCUT2D eigenvalue weighted by molar-refractivity contribution is 0.481. The lowest BCUT2D eigenvalue weighted by Gasteiger charge is -2.18. The second kappa shape index (κ2) is 16.6. The molecule has 0 atom stereocenters. The summed E-state index contributed by atoms with van der Waals surface area (Å²) >= 11 is 2.09. The van der Waals surface area contributed by atoms with Crippen LogP contribution >= 0.6 is 11.8 Å². The summed E-state index contributed by atoms with van der Waals surface area (Å²) in [5, 5.41) is 0. The Morgan fingerprint density at radius 1 is 0.688 bits per heavy atom. The summed E-state index contributed by atoms with van der Waals surface area (Å²) in [5.74, 6) is 2.52. The fourth-order valence-electron chi connectivity index (χ4n) is 4.80. The molecule has 0 fully saturated rings. The molecule has 0 radical (unpaired) electrons. The van der Waals surface area contributed by atoms with E-state index >= 15 is 0 Å². The number of nitrogens with zero attached hydrogens (tertiary/aromatic N) is 2. The first-order chi connectivity index (χ1) is 15.7. The second-order valence-electron chi connectivity index (χ2n) is 9.62. The van der Waals surface area contributed by atoms with Gasteiger partial charge in [-0.1, -0.05) is 77.6 Å². The van der Waals surface area contributed by atoms with E-state index in [9.17, 15) is 9.59 Å². The molecule has 0 amide bonds. The number of rotatable bonds is 9. The number of thioether (sulfide) groups is 1. The summed E-state index contributed by atoms with van der Waals surface area (Å²) in [5.41, 5.74) is 1.74. The molecular weight excluding hydrogens is 416 g/mol. The Morgan fingerprint density at radius 2 is 1.22 bits per heavy atom. The van der Waals surface area contributed by atoms with E-state index in [1.165, 1.54) is 88.6 Å². The molecular formula is C27H48N2O2S. The van der Waals surface area contributed by atoms with Gasteiger partial charge in [-0.3, -0.25) is 13.9 Å². The zero-order chi connectivity index (χ0) is 23.0. The van der Waals surface area contributed by atoms with Crippen LogP contribution in [0.5, 0.6) is 0 Å². The number of fused-ring (bicyclic) bond motifs is 2. The third-order valence-corrected chi connectivity index (χ3v) is 8.08. The van der Waals surface area contributed by atoms with Crippen molar-refractivity contribution >= 4 is 11.8 Å². The highest BCUT2D eigenvalue weighted by Crippen LogP contribution is 2.15. The third-order valence-electron chi connectivity index (χ3n) is 6.93. The van der Waals surface area contributed by atoms with E-state index in [0.29, 0.717) is 6.54 Å². The average molecular weight is 465 g/mol. The van der Waals surface area contributed by atoms with Crippen LogP contribution in [0, 0.1) is 6.92 Å². The van der Waals surface area contributed by atoms with Gasteiger partial charge in [0.2, 0.25) is 0 Å². The van der Waals surface area contributed by atoms with Crippen LogP contribution in [0.15, 0.2) is 9.59 Å². The van der Waals surface area contributed by atoms with Gasteiger partial charge in [-0.25, -0.2) is 4.79 Å². The van der Waals surface area contributed by atoms with E-state index in [-0.39, 0.29) is 11.2 Å². The van der Waals surface area contributed by atoms with Gasteiger partial charge < -0.3 is 0 Å². The molecule has 2 bridgehead atoms. The maximum absolute atomic E-state index is 13.3. The van der Waals surface area contributed by atoms with E-state index in [0.717, 1.165) is 49.9 Å². The van der Waals surface area contributed by atoms with Crippen molar-refractivity contribution in [1.29, 1.82) is 0 Å². The van der Waals surface area contributed by atoms with Crippen molar-refractivity contribution in [1.82, 2.24) is 9.13 Å². The Morgan fingerprint density at radius 3 is 1.84 bits per heavy atom. The third kappa shape index (κ3) is 9.49. The molecule has 32 heavy (non-hydrogen) atoms. The minimum absolute atomic E-state index is 0.0108. The molecule has 0 spiro atoms. The van der Waals surface area contributed by atoms with Crippen molar-refractivity contribution in [2.24, 2.45) is 0 Å². The van der Waals surface area contributed by atoms with Gasteiger partial charge in [0.25, 0.3) is 5.56 Å². The summed E-state index contributed by atoms with van der Waals surface area (Å²) in [6.45, 7) is 5.59. The molecule has 4 nitrogen and oxygen atoms in total. The maximum Gasteiger partial charge on any atom is 0.331 e. The van der Waals surface area contributed by atoms with Crippen molar-refractivity contribution in [2.75, 3.05) is 11.5 Å². The highest BCUT2D eigenvalue weighted by molar-refractivity contribution is 7.99. The summed E-state index contributed by atoms with van der Waals surface area (Å²) in [6.07, 6.45) is 20.1. The van der Waals surface area contributed by atoms with Crippen LogP contribution in [-0.2, 0) is 19.5 Å². The first-order valence-electron chi connectivity index (χ1n) is 13.6. The average Bonchev–Trinajstić information content (AvgIpc) is 2.78. The summed E-state index contributed by atoms with van der Waals surface area (Å²) in [6, 6.07) is 0. The molecule has 1 aromatic rings. The Balaban J connectivity index is 2.05. The number of unbranched alkanes of at least 4 members (excludes halogenated alkanes) is 7. The van der Waals surface area contributed by atoms with Gasteiger partial charge in [-0.05, 0) is 57.0 Å². The number of aromatic nitrogens is 2. The Kier molecular flexibility index (Phi) is 14.2. The van der Waals surface area contributed by atoms with Crippen LogP contribution in [0.4, 0.5) is 0 Å². The Bertz CT molecular complexity index is 753. The fourth-order valence-corrected chi connectivity index (χ4v) is 5.82. The van der Waals surface area contributed by atoms with Gasteiger partial charge >= 0.3 is 5.69 Å². The SMILES string of the molecule is CCCCCCCCCCc1c(C)n2c(=O)n(c1=O)CCCCCCSCCCCCC2. The molecule has 0 saturated heterocycles. The molecule has 2 rings (SSSR count). The van der Waals surface area contributed by atoms with Crippen LogP contribution in [0.3, 0.4) is 0 Å². The molecule has 0 saturated carbocycles. The predicted octanol–water partition coefficient (Wildman–Crippen LogP) is 6.87. The lowest BCUT2D eigenvalue weighted by atomic mass is 10.0. The number of hydrogen-bond acceptors (Lipinski definition) is 3. The van der Waals surface area contributed by atoms with Gasteiger partial charge in [-0.2, -0.15) is 11.8 Å². The van der Waals surface area contributed by atoms with Crippen molar-refractivity contribution < 1.29 is 0 Å². The monoisotopic (exact) mass is 464 g/mol. The molecule has 5 heteroatoms. The standard InChI is InChI=1S/C27H48N2O2S/c1-3-4-5-6-7-8-9-14-19-25-24(2)28-20-15-10-12-17-22-32-23-18-13-11-16-21-29(26(25)30)27(28)31/h3-23H2,1-2H3. The van der Waals surface area contributed by atoms with Crippen LogP contribution in [-0.4, -0.2) is 20.6 Å². The van der Waals surface area contributed by atoms with Gasteiger partial charge in [0.15, 0.2) is 0 Å². The Labute approximate surface area is 200 Å². The number of hydrogen-bond donors (Lipinski definition) is 0. The first-order valence-corrected chi connectivity index (χ1v) is 14.7. The quantitative estimate of drug-likeness (QED) is 0.375. The molecule has 184 valence electrons. The zero-order valence-electron chi connectivity index (χ0n) is 21.0. The largest absolute Gasteiger partial charge is 0.331 e. The minimum atomic E-state index is -0.0742. The molecule has 2 heterocycles. The summed E-state index contributed by atoms with van der Waals surface area (Å²) < 4.78 is 3.48. The predicted molar refractivity (Wildman–Crippen MR) is 140 cm³/mol. The highest BCUT2D eigenvalue weighted by Gasteiger charge is 2.16. The van der Waals surface area contributed by atoms with Gasteiger partial charge in [0.05, 0.1) is 0 Å². The molecule has 1 aliphatic rings. The first kappa shape index (κ1) is 27.3. The maximum atomic E-state index is 13.3. The fraction of sp³-hybridized carbons (Fsp3) is 0.852. The van der Waals surface area contributed by atoms with E-state index in [1.54, 1.807) is 4.57 Å². The van der Waals surface area contributed by atoms with E-state index in [4.69, 9.17) is 0 Å². The van der Waals surface area contributed by atoms with E-state index in [2.05, 4.69) is 18.7 Å². The van der Waals surface area contributed by atoms with E-state index < -0.39 is 0 Å². The van der Waals surface area contributed by atoms with Crippen LogP contribution in [0.1, 0.15) is 121 Å². The van der Waals surface area contributed by atoms with Crippen molar-refractivity contribution in [3.05, 3.63) is 32.1 Å². The summed E-state index contributed by atoms with van der Waals surface area (Å²) in [4.78, 5) is 26.4. The zero-order valence-corrected chi connectivity index (χ0v) is 21.8. The van der Waals surface area contributed by atoms with Crippen molar-refractivity contribution in [2.45, 2.75) is 136 Å². The lowest BCUT2D eigenvalue weighted by Crippen LogP contribution is -2.43. The van der Waals surface area contributed by atoms with Crippen LogP contribution in [0.2, 0.25) is 0 Å². The van der Waals surface area contributed by atoms with Crippen LogP contribution in [0.25, 0.3) is 0 Å². The van der Waals surface area contributed by atoms with Gasteiger partial charge in [0.1, 0.15) is 0 Å². The molecule has 0 N–H and O–H groups in total. The molecule has 0 aromatic carbocycles.